The lowest BCUT2D eigenvalue weighted by Gasteiger charge is -2.23. The van der Waals surface area contributed by atoms with Gasteiger partial charge in [0.1, 0.15) is 12.2 Å². The third-order valence-corrected chi connectivity index (χ3v) is 4.54. The molecule has 2 aromatic rings. The largest absolute Gasteiger partial charge is 0.355 e. The first-order valence-corrected chi connectivity index (χ1v) is 9.06. The van der Waals surface area contributed by atoms with Crippen LogP contribution in [-0.4, -0.2) is 40.2 Å². The molecule has 0 spiro atoms. The highest BCUT2D eigenvalue weighted by Crippen LogP contribution is 2.27. The zero-order chi connectivity index (χ0) is 18.9. The molecule has 6 nitrogen and oxygen atoms in total. The van der Waals surface area contributed by atoms with Gasteiger partial charge in [-0.05, 0) is 18.6 Å². The maximum atomic E-state index is 13.1. The maximum Gasteiger partial charge on any atom is 0.291 e. The van der Waals surface area contributed by atoms with Gasteiger partial charge in [-0.2, -0.15) is 5.10 Å². The number of carbonyl (C=O) groups is 2. The molecule has 0 radical (unpaired) electrons. The average molecular weight is 354 g/mol. The summed E-state index contributed by atoms with van der Waals surface area (Å²) in [5.41, 5.74) is 2.22. The molecule has 0 saturated heterocycles. The molecule has 1 N–H and O–H groups in total. The monoisotopic (exact) mass is 354 g/mol. The van der Waals surface area contributed by atoms with Crippen LogP contribution in [0.1, 0.15) is 44.6 Å². The fourth-order valence-corrected chi connectivity index (χ4v) is 3.01. The number of aromatic nitrogens is 1. The highest BCUT2D eigenvalue weighted by atomic mass is 16.2. The second-order valence-corrected chi connectivity index (χ2v) is 7.68. The number of rotatable bonds is 4. The highest BCUT2D eigenvalue weighted by molar-refractivity contribution is 6.03. The van der Waals surface area contributed by atoms with E-state index in [9.17, 15) is 9.59 Å². The molecular formula is C20H26N4O2. The summed E-state index contributed by atoms with van der Waals surface area (Å²) >= 11 is 0. The van der Waals surface area contributed by atoms with Crippen LogP contribution >= 0.6 is 0 Å². The van der Waals surface area contributed by atoms with Crippen molar-refractivity contribution >= 4 is 28.4 Å². The zero-order valence-electron chi connectivity index (χ0n) is 15.9. The molecule has 138 valence electrons. The minimum Gasteiger partial charge on any atom is -0.355 e. The van der Waals surface area contributed by atoms with E-state index >= 15 is 0 Å². The number of nitrogens with one attached hydrogen (secondary N) is 1. The lowest BCUT2D eigenvalue weighted by atomic mass is 9.90. The summed E-state index contributed by atoms with van der Waals surface area (Å²) in [4.78, 5) is 25.3. The fraction of sp³-hybridized carbons (Fsp3) is 0.450. The summed E-state index contributed by atoms with van der Waals surface area (Å²) in [6.45, 7) is 9.26. The number of nitrogens with zero attached hydrogens (tertiary/aromatic N) is 3. The summed E-state index contributed by atoms with van der Waals surface area (Å²) in [6, 6.07) is 9.82. The summed E-state index contributed by atoms with van der Waals surface area (Å²) < 4.78 is 2.01. The molecule has 26 heavy (non-hydrogen) atoms. The van der Waals surface area contributed by atoms with Crippen LogP contribution in [-0.2, 0) is 11.3 Å². The first-order chi connectivity index (χ1) is 12.3. The SMILES string of the molecule is CCCNC(=O)CN1N=C(C(C)(C)C)Cn2c(cc3ccccc32)C1=O. The molecule has 0 saturated carbocycles. The Bertz CT molecular complexity index is 874. The minimum absolute atomic E-state index is 0.0695. The molecule has 1 aromatic heterocycles. The van der Waals surface area contributed by atoms with Crippen LogP contribution < -0.4 is 5.32 Å². The third-order valence-electron chi connectivity index (χ3n) is 4.54. The maximum absolute atomic E-state index is 13.1. The van der Waals surface area contributed by atoms with Crippen LogP contribution in [0.5, 0.6) is 0 Å². The van der Waals surface area contributed by atoms with Crippen LogP contribution in [0.3, 0.4) is 0 Å². The molecule has 0 bridgehead atoms. The van der Waals surface area contributed by atoms with E-state index in [-0.39, 0.29) is 23.8 Å². The van der Waals surface area contributed by atoms with Crippen molar-refractivity contribution in [1.29, 1.82) is 0 Å². The number of carbonyl (C=O) groups excluding carboxylic acids is 2. The molecule has 1 aromatic carbocycles. The standard InChI is InChI=1S/C20H26N4O2/c1-5-10-21-18(25)13-24-19(26)16-11-14-8-6-7-9-15(14)23(16)12-17(22-24)20(2,3)4/h6-9,11H,5,10,12-13H2,1-4H3,(H,21,25). The van der Waals surface area contributed by atoms with Crippen molar-refractivity contribution in [2.24, 2.45) is 10.5 Å². The van der Waals surface area contributed by atoms with E-state index in [4.69, 9.17) is 0 Å². The highest BCUT2D eigenvalue weighted by Gasteiger charge is 2.31. The molecule has 2 heterocycles. The summed E-state index contributed by atoms with van der Waals surface area (Å²) in [7, 11) is 0. The molecular weight excluding hydrogens is 328 g/mol. The predicted molar refractivity (Wildman–Crippen MR) is 103 cm³/mol. The molecule has 0 aliphatic carbocycles. The van der Waals surface area contributed by atoms with Crippen LogP contribution in [0.25, 0.3) is 10.9 Å². The quantitative estimate of drug-likeness (QED) is 0.917. The van der Waals surface area contributed by atoms with Crippen LogP contribution in [0, 0.1) is 5.41 Å². The van der Waals surface area contributed by atoms with Gasteiger partial charge in [0.15, 0.2) is 0 Å². The Morgan fingerprint density at radius 1 is 1.27 bits per heavy atom. The molecule has 1 aliphatic heterocycles. The van der Waals surface area contributed by atoms with Gasteiger partial charge in [0, 0.05) is 22.9 Å². The predicted octanol–water partition coefficient (Wildman–Crippen LogP) is 3.03. The number of hydrogen-bond donors (Lipinski definition) is 1. The van der Waals surface area contributed by atoms with Gasteiger partial charge in [-0.15, -0.1) is 0 Å². The molecule has 0 fully saturated rings. The number of hydrazone groups is 1. The van der Waals surface area contributed by atoms with Gasteiger partial charge in [-0.25, -0.2) is 5.01 Å². The van der Waals surface area contributed by atoms with E-state index in [1.54, 1.807) is 0 Å². The van der Waals surface area contributed by atoms with E-state index in [0.29, 0.717) is 18.8 Å². The molecule has 0 atom stereocenters. The van der Waals surface area contributed by atoms with Gasteiger partial charge in [0.05, 0.1) is 12.3 Å². The van der Waals surface area contributed by atoms with Crippen molar-refractivity contribution < 1.29 is 9.59 Å². The second-order valence-electron chi connectivity index (χ2n) is 7.68. The summed E-state index contributed by atoms with van der Waals surface area (Å²) in [5.74, 6) is -0.436. The smallest absolute Gasteiger partial charge is 0.291 e. The van der Waals surface area contributed by atoms with Crippen molar-refractivity contribution in [3.63, 3.8) is 0 Å². The van der Waals surface area contributed by atoms with E-state index in [1.165, 1.54) is 5.01 Å². The van der Waals surface area contributed by atoms with Crippen molar-refractivity contribution in [1.82, 2.24) is 14.9 Å². The van der Waals surface area contributed by atoms with Crippen molar-refractivity contribution in [2.45, 2.75) is 40.7 Å². The van der Waals surface area contributed by atoms with Crippen molar-refractivity contribution in [3.8, 4) is 0 Å². The Hall–Kier alpha value is -2.63. The summed E-state index contributed by atoms with van der Waals surface area (Å²) in [6.07, 6.45) is 0.852. The van der Waals surface area contributed by atoms with Gasteiger partial charge in [-0.3, -0.25) is 9.59 Å². The van der Waals surface area contributed by atoms with Gasteiger partial charge in [-0.1, -0.05) is 45.9 Å². The van der Waals surface area contributed by atoms with Gasteiger partial charge < -0.3 is 9.88 Å². The Balaban J connectivity index is 2.04. The number of amides is 2. The van der Waals surface area contributed by atoms with Crippen LogP contribution in [0.4, 0.5) is 0 Å². The Morgan fingerprint density at radius 3 is 2.69 bits per heavy atom. The zero-order valence-corrected chi connectivity index (χ0v) is 15.9. The number of fused-ring (bicyclic) bond motifs is 3. The lowest BCUT2D eigenvalue weighted by molar-refractivity contribution is -0.121. The van der Waals surface area contributed by atoms with E-state index in [2.05, 4.69) is 31.2 Å². The molecule has 6 heteroatoms. The fourth-order valence-electron chi connectivity index (χ4n) is 3.01. The number of benzene rings is 1. The average Bonchev–Trinajstić information content (AvgIpc) is 2.89. The van der Waals surface area contributed by atoms with Crippen LogP contribution in [0.15, 0.2) is 35.4 Å². The first-order valence-electron chi connectivity index (χ1n) is 9.06. The first kappa shape index (κ1) is 18.2. The van der Waals surface area contributed by atoms with Crippen molar-refractivity contribution in [3.05, 3.63) is 36.0 Å². The number of para-hydroxylation sites is 1. The van der Waals surface area contributed by atoms with E-state index in [0.717, 1.165) is 23.0 Å². The normalized spacial score (nSPS) is 14.8. The van der Waals surface area contributed by atoms with Crippen molar-refractivity contribution in [2.75, 3.05) is 13.1 Å². The Morgan fingerprint density at radius 2 is 2.00 bits per heavy atom. The van der Waals surface area contributed by atoms with Gasteiger partial charge >= 0.3 is 0 Å². The topological polar surface area (TPSA) is 66.7 Å². The molecule has 3 rings (SSSR count). The Kier molecular flexibility index (Phi) is 4.85. The van der Waals surface area contributed by atoms with E-state index in [1.807, 2.05) is 41.8 Å². The second kappa shape index (κ2) is 6.94. The Labute approximate surface area is 153 Å². The molecule has 0 unspecified atom stereocenters. The lowest BCUT2D eigenvalue weighted by Crippen LogP contribution is -2.38. The van der Waals surface area contributed by atoms with Crippen LogP contribution in [0.2, 0.25) is 0 Å². The number of hydrogen-bond acceptors (Lipinski definition) is 3. The molecule has 1 aliphatic rings. The summed E-state index contributed by atoms with van der Waals surface area (Å²) in [5, 5.41) is 9.73. The minimum atomic E-state index is -0.243. The van der Waals surface area contributed by atoms with E-state index < -0.39 is 0 Å². The van der Waals surface area contributed by atoms with Gasteiger partial charge in [0.25, 0.3) is 5.91 Å². The van der Waals surface area contributed by atoms with Gasteiger partial charge in [0.2, 0.25) is 5.91 Å². The third kappa shape index (κ3) is 3.49. The molecule has 2 amide bonds.